The minimum Gasteiger partial charge on any atom is -0.481 e. The Labute approximate surface area is 791 Å². The summed E-state index contributed by atoms with van der Waals surface area (Å²) in [6.07, 6.45) is -5.48. The van der Waals surface area contributed by atoms with E-state index in [0.29, 0.717) is 46.6 Å². The maximum absolute atomic E-state index is 15.9. The molecule has 47 heteroatoms. The third-order valence-electron chi connectivity index (χ3n) is 24.8. The van der Waals surface area contributed by atoms with Crippen LogP contribution in [-0.4, -0.2) is 316 Å². The molecular formula is C91H122FN21O25. The maximum atomic E-state index is 15.9. The van der Waals surface area contributed by atoms with Crippen molar-refractivity contribution in [3.05, 3.63) is 108 Å². The second-order valence-corrected chi connectivity index (χ2v) is 35.0. The quantitative estimate of drug-likeness (QED) is 0.0227. The molecule has 46 nitrogen and oxygen atoms in total. The van der Waals surface area contributed by atoms with Gasteiger partial charge in [0.1, 0.15) is 96.9 Å². The van der Waals surface area contributed by atoms with E-state index in [2.05, 4.69) is 58.2 Å². The summed E-state index contributed by atoms with van der Waals surface area (Å²) in [6.45, 7) is 0.429. The number of nitrogens with one attached hydrogen (secondary N) is 11. The van der Waals surface area contributed by atoms with E-state index >= 15 is 38.4 Å². The highest BCUT2D eigenvalue weighted by Crippen LogP contribution is 2.30. The monoisotopic (exact) mass is 1930 g/mol. The molecule has 6 heterocycles. The van der Waals surface area contributed by atoms with E-state index in [-0.39, 0.29) is 82.0 Å². The number of rotatable bonds is 28. The summed E-state index contributed by atoms with van der Waals surface area (Å²) in [5.41, 5.74) is 24.7. The van der Waals surface area contributed by atoms with Crippen LogP contribution >= 0.6 is 0 Å². The fourth-order valence-electron chi connectivity index (χ4n) is 17.6. The molecule has 15 atom stereocenters. The number of piperidine rings is 1. The summed E-state index contributed by atoms with van der Waals surface area (Å²) < 4.78 is 15.8. The summed E-state index contributed by atoms with van der Waals surface area (Å²) in [7, 11) is 2.45. The van der Waals surface area contributed by atoms with Gasteiger partial charge >= 0.3 is 17.9 Å². The average molecular weight is 1930 g/mol. The molecule has 0 spiro atoms. The Kier molecular flexibility index (Phi) is 39.1. The molecule has 4 aliphatic heterocycles. The first-order valence-corrected chi connectivity index (χ1v) is 45.8. The van der Waals surface area contributed by atoms with Gasteiger partial charge in [0.05, 0.1) is 25.5 Å². The van der Waals surface area contributed by atoms with Gasteiger partial charge in [-0.2, -0.15) is 0 Å². The minimum absolute atomic E-state index is 0.0738. The summed E-state index contributed by atoms with van der Waals surface area (Å²) in [4.78, 5) is 308. The molecule has 0 radical (unpaired) electrons. The van der Waals surface area contributed by atoms with Crippen molar-refractivity contribution < 1.29 is 126 Å². The number of aliphatic hydroxyl groups excluding tert-OH is 1. The third-order valence-corrected chi connectivity index (χ3v) is 24.8. The molecule has 138 heavy (non-hydrogen) atoms. The number of unbranched alkanes of at least 4 members (excludes halogenated alkanes) is 2. The second-order valence-electron chi connectivity index (χ2n) is 35.0. The van der Waals surface area contributed by atoms with E-state index in [4.69, 9.17) is 22.9 Å². The third kappa shape index (κ3) is 29.5. The van der Waals surface area contributed by atoms with Gasteiger partial charge in [-0.3, -0.25) is 101 Å². The van der Waals surface area contributed by atoms with E-state index in [1.165, 1.54) is 43.2 Å². The maximum Gasteiger partial charge on any atom is 0.323 e. The van der Waals surface area contributed by atoms with Crippen molar-refractivity contribution in [2.45, 2.75) is 259 Å². The number of carbonyl (C=O) groups excluding carboxylic acids is 18. The van der Waals surface area contributed by atoms with Gasteiger partial charge in [0.25, 0.3) is 0 Å². The largest absolute Gasteiger partial charge is 0.481 e. The van der Waals surface area contributed by atoms with Gasteiger partial charge in [-0.25, -0.2) is 4.39 Å². The predicted octanol–water partition coefficient (Wildman–Crippen LogP) is -4.06. The Morgan fingerprint density at radius 1 is 0.449 bits per heavy atom. The number of carbonyl (C=O) groups is 21. The number of amides is 18. The number of fused-ring (bicyclic) bond motifs is 5. The summed E-state index contributed by atoms with van der Waals surface area (Å²) in [5.74, 6) is -24.9. The summed E-state index contributed by atoms with van der Waals surface area (Å²) in [5, 5.41) is 67.7. The zero-order valence-electron chi connectivity index (χ0n) is 77.0. The molecule has 4 saturated heterocycles. The number of aliphatic carboxylic acids is 3. The van der Waals surface area contributed by atoms with Crippen LogP contribution in [0.5, 0.6) is 0 Å². The van der Waals surface area contributed by atoms with E-state index < -0.39 is 318 Å². The number of para-hydroxylation sites is 2. The number of benzene rings is 3. The normalized spacial score (nSPS) is 24.9. The lowest BCUT2D eigenvalue weighted by atomic mass is 9.97. The summed E-state index contributed by atoms with van der Waals surface area (Å²) in [6, 6.07) is -6.65. The average Bonchev–Trinajstić information content (AvgIpc) is 1.68. The number of likely N-dealkylation sites (N-methyl/N-ethyl adjacent to an activating group) is 2. The number of carboxylic acid groups (broad SMARTS) is 3. The van der Waals surface area contributed by atoms with Crippen molar-refractivity contribution in [1.82, 2.24) is 87.2 Å². The molecule has 2 aromatic heterocycles. The standard InChI is InChI=1S/C91H122FN21O25/c1-5-7-19-66-83(130)100-57(29-32-75(119)120)80(127)107-64(78(96)125)43-97-44-74(118)99-61(36-48-24-26-51(92)27-25-48)89(136)111-34-14-13-22-67(111)85(132)106-63(41-73(95)117)90(137)112-35-15-23-68(112)84(131)101-56(28-31-71(93)115)79(126)102-58(30-33-76(121)122)88(135)113-46-52(114)39-70(113)86(133)104-59(37-49-42-98-55-18-11-9-16-53(49)55)81(128)103-60(40-72(94)116)82(129)105-62(87(134)109(4)69(20-8-6-2)91(138)108(66)3)38-50-45-110(47-77(123)124)65-21-12-10-17-54(50)65/h9-12,16-18,21,24-27,42,45,52,56-64,66-70,97-98,114H,5-8,13-15,19-20,22-23,28-41,43-44,46-47H2,1-4H3,(H2,93,115)(H2,94,116)(H2,95,117)(H2,96,125)(H,99,118)(H,100,130)(H,101,131)(H,102,126)(H,103,128)(H,104,133)(H,105,129)(H,106,132)(H,107,127)(H,119,120)(H,121,122)(H,123,124)/t52-,56+,57+,58+,59+,60+,61+,62+,63+,64+,66+,67+,68+,69+,70+/m1/s1. The SMILES string of the molecule is CCCC[C@H]1C(=O)N(C)[C@@H](CCCC)C(=O)N[C@@H](CCC(=O)O)C(=O)N[C@H](C(N)=O)CNCC(=O)N[C@@H](Cc2ccc(F)cc2)C(=O)N2CCCC[C@H]2C(=O)N[C@@H](CC(N)=O)C(=O)N2CCC[C@H]2C(=O)N[C@@H](CCC(N)=O)C(=O)N[C@@H](CCC(=O)O)C(=O)N2C[C@H](O)C[C@H]2C(=O)N[C@@H](Cc2c[nH]c3ccccc23)C(=O)N[C@@H](CC(N)=O)C(=O)N[C@@H](Cc2cn(CC(=O)O)c3ccccc23)C(=O)N1C. The van der Waals surface area contributed by atoms with Crippen LogP contribution in [-0.2, 0) is 126 Å². The zero-order valence-corrected chi connectivity index (χ0v) is 77.0. The number of primary amides is 4. The van der Waals surface area contributed by atoms with E-state index in [1.54, 1.807) is 62.4 Å². The topological polar surface area (TPSA) is 701 Å². The lowest BCUT2D eigenvalue weighted by Gasteiger charge is -2.38. The van der Waals surface area contributed by atoms with Gasteiger partial charge in [-0.1, -0.05) is 88.1 Å². The molecule has 3 aromatic carbocycles. The van der Waals surface area contributed by atoms with Crippen LogP contribution < -0.4 is 76.1 Å². The molecule has 5 aromatic rings. The Morgan fingerprint density at radius 2 is 0.942 bits per heavy atom. The lowest BCUT2D eigenvalue weighted by molar-refractivity contribution is -0.149. The van der Waals surface area contributed by atoms with E-state index in [9.17, 15) is 87.1 Å². The summed E-state index contributed by atoms with van der Waals surface area (Å²) >= 11 is 0. The Bertz CT molecular complexity index is 5360. The van der Waals surface area contributed by atoms with Crippen LogP contribution in [0.2, 0.25) is 0 Å². The van der Waals surface area contributed by atoms with Crippen molar-refractivity contribution in [1.29, 1.82) is 0 Å². The van der Waals surface area contributed by atoms with Gasteiger partial charge in [0.15, 0.2) is 0 Å². The van der Waals surface area contributed by atoms with Gasteiger partial charge in [-0.05, 0) is 105 Å². The number of hydrogen-bond acceptors (Lipinski definition) is 23. The number of aromatic amines is 1. The van der Waals surface area contributed by atoms with E-state index in [0.717, 1.165) is 36.6 Å². The van der Waals surface area contributed by atoms with Crippen LogP contribution in [0.25, 0.3) is 21.8 Å². The highest BCUT2D eigenvalue weighted by atomic mass is 19.1. The molecule has 0 unspecified atom stereocenters. The highest BCUT2D eigenvalue weighted by Gasteiger charge is 2.48. The molecule has 748 valence electrons. The highest BCUT2D eigenvalue weighted by molar-refractivity contribution is 6.03. The van der Waals surface area contributed by atoms with Crippen molar-refractivity contribution >= 4 is 146 Å². The Hall–Kier alpha value is -14.5. The smallest absolute Gasteiger partial charge is 0.323 e. The molecule has 0 bridgehead atoms. The first-order valence-electron chi connectivity index (χ1n) is 45.8. The Morgan fingerprint density at radius 3 is 1.57 bits per heavy atom. The van der Waals surface area contributed by atoms with Gasteiger partial charge in [0.2, 0.25) is 106 Å². The van der Waals surface area contributed by atoms with Crippen LogP contribution in [0.15, 0.2) is 85.2 Å². The predicted molar refractivity (Wildman–Crippen MR) is 487 cm³/mol. The number of aromatic nitrogens is 2. The second kappa shape index (κ2) is 50.3. The van der Waals surface area contributed by atoms with Crippen molar-refractivity contribution in [3.63, 3.8) is 0 Å². The fourth-order valence-corrected chi connectivity index (χ4v) is 17.6. The first-order chi connectivity index (χ1) is 65.6. The van der Waals surface area contributed by atoms with E-state index in [1.807, 2.05) is 0 Å². The van der Waals surface area contributed by atoms with Crippen molar-refractivity contribution in [2.24, 2.45) is 22.9 Å². The molecule has 0 saturated carbocycles. The number of hydrogen-bond donors (Lipinski definition) is 19. The van der Waals surface area contributed by atoms with Crippen molar-refractivity contribution in [2.75, 3.05) is 46.8 Å². The molecule has 0 aliphatic carbocycles. The zero-order chi connectivity index (χ0) is 101. The Balaban J connectivity index is 1.12. The van der Waals surface area contributed by atoms with Crippen LogP contribution in [0.3, 0.4) is 0 Å². The fraction of sp³-hybridized carbons (Fsp3) is 0.527. The van der Waals surface area contributed by atoms with Gasteiger partial charge in [-0.15, -0.1) is 0 Å². The molecule has 23 N–H and O–H groups in total. The van der Waals surface area contributed by atoms with Gasteiger partial charge in [0, 0.05) is 119 Å². The van der Waals surface area contributed by atoms with Crippen LogP contribution in [0.4, 0.5) is 4.39 Å². The number of aliphatic hydroxyl groups is 1. The van der Waals surface area contributed by atoms with Gasteiger partial charge < -0.3 is 131 Å². The number of H-pyrrole nitrogens is 1. The van der Waals surface area contributed by atoms with Crippen LogP contribution in [0.1, 0.15) is 159 Å². The molecule has 4 aliphatic rings. The molecule has 4 fully saturated rings. The lowest BCUT2D eigenvalue weighted by Crippen LogP contribution is -2.62. The molecule has 18 amide bonds. The molecule has 9 rings (SSSR count). The molecular weight excluding hydrogens is 1810 g/mol. The number of halogens is 1. The van der Waals surface area contributed by atoms with Crippen molar-refractivity contribution in [3.8, 4) is 0 Å². The number of nitrogens with two attached hydrogens (primary N) is 4. The number of carboxylic acids is 3. The number of nitrogens with zero attached hydrogens (tertiary/aromatic N) is 6. The first kappa shape index (κ1) is 107. The minimum atomic E-state index is -2.08. The van der Waals surface area contributed by atoms with Crippen LogP contribution in [0, 0.1) is 5.82 Å².